The summed E-state index contributed by atoms with van der Waals surface area (Å²) in [7, 11) is 0. The van der Waals surface area contributed by atoms with Crippen LogP contribution in [0, 0.1) is 17.8 Å². The molecular weight excluding hydrogens is 602 g/mol. The van der Waals surface area contributed by atoms with Gasteiger partial charge in [-0.15, -0.1) is 0 Å². The number of nitrogens with one attached hydrogen (secondary N) is 3. The fourth-order valence-electron chi connectivity index (χ4n) is 7.31. The summed E-state index contributed by atoms with van der Waals surface area (Å²) in [6.07, 6.45) is 6.76. The van der Waals surface area contributed by atoms with Crippen LogP contribution in [0.2, 0.25) is 0 Å². The molecule has 2 saturated carbocycles. The summed E-state index contributed by atoms with van der Waals surface area (Å²) in [5, 5.41) is 9.34. The summed E-state index contributed by atoms with van der Waals surface area (Å²) in [6, 6.07) is 7.69. The van der Waals surface area contributed by atoms with Crippen LogP contribution in [-0.2, 0) is 14.3 Å². The maximum Gasteiger partial charge on any atom is 0.407 e. The first-order valence-corrected chi connectivity index (χ1v) is 17.4. The third kappa shape index (κ3) is 10.8. The highest BCUT2D eigenvalue weighted by molar-refractivity contribution is 5.92. The Morgan fingerprint density at radius 1 is 1.00 bits per heavy atom. The summed E-state index contributed by atoms with van der Waals surface area (Å²) in [4.78, 5) is 42.4. The number of carbonyl (C=O) groups is 3. The number of amides is 3. The number of alkyl carbamates (subject to hydrolysis) is 1. The van der Waals surface area contributed by atoms with E-state index < -0.39 is 54.3 Å². The number of ether oxygens (including phenoxy) is 1. The summed E-state index contributed by atoms with van der Waals surface area (Å²) in [5.41, 5.74) is 2.67. The van der Waals surface area contributed by atoms with E-state index in [2.05, 4.69) is 36.0 Å². The first kappa shape index (κ1) is 36.4. The Labute approximate surface area is 279 Å². The first-order chi connectivity index (χ1) is 22.4. The zero-order valence-corrected chi connectivity index (χ0v) is 28.4. The van der Waals surface area contributed by atoms with E-state index in [1.807, 2.05) is 30.3 Å². The van der Waals surface area contributed by atoms with E-state index in [0.717, 1.165) is 68.7 Å². The quantitative estimate of drug-likeness (QED) is 0.166. The molecule has 4 rings (SSSR count). The molecule has 0 aromatic heterocycles. The summed E-state index contributed by atoms with van der Waals surface area (Å²) < 4.78 is 34.0. The molecule has 4 unspecified atom stereocenters. The van der Waals surface area contributed by atoms with Gasteiger partial charge in [0.15, 0.2) is 0 Å². The summed E-state index contributed by atoms with van der Waals surface area (Å²) in [6.45, 7) is 13.5. The molecule has 3 fully saturated rings. The second kappa shape index (κ2) is 16.6. The molecule has 0 bridgehead atoms. The Bertz CT molecular complexity index is 1240. The lowest BCUT2D eigenvalue weighted by atomic mass is 9.83. The van der Waals surface area contributed by atoms with Gasteiger partial charge in [0.1, 0.15) is 12.1 Å². The van der Waals surface area contributed by atoms with Gasteiger partial charge in [-0.25, -0.2) is 13.6 Å². The minimum atomic E-state index is -3.01. The van der Waals surface area contributed by atoms with Crippen molar-refractivity contribution in [2.24, 2.45) is 17.8 Å². The second-order valence-electron chi connectivity index (χ2n) is 14.0. The molecule has 260 valence electrons. The lowest BCUT2D eigenvalue weighted by molar-refractivity contribution is -0.143. The molecule has 0 spiro atoms. The van der Waals surface area contributed by atoms with Gasteiger partial charge < -0.3 is 25.6 Å². The Kier molecular flexibility index (Phi) is 12.9. The number of rotatable bonds is 16. The molecule has 1 heterocycles. The van der Waals surface area contributed by atoms with Crippen LogP contribution in [0.1, 0.15) is 103 Å². The molecule has 1 aromatic carbocycles. The Balaban J connectivity index is 1.52. The second-order valence-corrected chi connectivity index (χ2v) is 14.0. The maximum absolute atomic E-state index is 14.4. The average molecular weight is 657 g/mol. The molecule has 3 aliphatic rings. The first-order valence-electron chi connectivity index (χ1n) is 17.4. The molecule has 0 radical (unpaired) electrons. The van der Waals surface area contributed by atoms with Crippen molar-refractivity contribution in [2.75, 3.05) is 13.2 Å². The number of alkyl halides is 2. The van der Waals surface area contributed by atoms with Gasteiger partial charge in [0, 0.05) is 31.1 Å². The molecule has 3 N–H and O–H groups in total. The number of halogens is 2. The van der Waals surface area contributed by atoms with Crippen molar-refractivity contribution in [3.05, 3.63) is 60.3 Å². The Morgan fingerprint density at radius 2 is 1.68 bits per heavy atom. The highest BCUT2D eigenvalue weighted by Crippen LogP contribution is 2.38. The zero-order chi connectivity index (χ0) is 34.1. The summed E-state index contributed by atoms with van der Waals surface area (Å²) >= 11 is 0. The van der Waals surface area contributed by atoms with Crippen molar-refractivity contribution in [1.29, 1.82) is 0 Å². The van der Waals surface area contributed by atoms with Gasteiger partial charge in [0.05, 0.1) is 12.6 Å². The largest absolute Gasteiger partial charge is 0.450 e. The third-order valence-electron chi connectivity index (χ3n) is 9.87. The van der Waals surface area contributed by atoms with Crippen LogP contribution in [0.3, 0.4) is 0 Å². The van der Waals surface area contributed by atoms with Crippen LogP contribution >= 0.6 is 0 Å². The van der Waals surface area contributed by atoms with Crippen LogP contribution in [0.15, 0.2) is 54.8 Å². The molecule has 10 heteroatoms. The van der Waals surface area contributed by atoms with Crippen molar-refractivity contribution < 1.29 is 27.9 Å². The number of carbonyl (C=O) groups excluding carboxylic acids is 3. The molecule has 2 aliphatic carbocycles. The average Bonchev–Trinajstić information content (AvgIpc) is 3.76. The van der Waals surface area contributed by atoms with Gasteiger partial charge in [0.25, 0.3) is 0 Å². The highest BCUT2D eigenvalue weighted by atomic mass is 19.3. The molecule has 1 aliphatic heterocycles. The predicted octanol–water partition coefficient (Wildman–Crippen LogP) is 7.04. The SMILES string of the molecule is C=C(CC(=C)C(CC1CC1)NC(=O)C1[C@@H](CC(C)(F)F)CCN1C(=O)C(NC(=O)OCC)C1CCCCC1)NC(C)c1ccccc1. The topological polar surface area (TPSA) is 99.8 Å². The Hall–Kier alpha value is -3.43. The number of allylic oxidation sites excluding steroid dienone is 1. The van der Waals surface area contributed by atoms with Gasteiger partial charge in [-0.3, -0.25) is 9.59 Å². The van der Waals surface area contributed by atoms with Crippen molar-refractivity contribution in [3.8, 4) is 0 Å². The minimum absolute atomic E-state index is 0.0304. The van der Waals surface area contributed by atoms with E-state index in [9.17, 15) is 23.2 Å². The normalized spacial score (nSPS) is 22.1. The van der Waals surface area contributed by atoms with Gasteiger partial charge in [-0.1, -0.05) is 75.6 Å². The van der Waals surface area contributed by atoms with E-state index in [-0.39, 0.29) is 31.5 Å². The van der Waals surface area contributed by atoms with Crippen molar-refractivity contribution in [3.63, 3.8) is 0 Å². The van der Waals surface area contributed by atoms with E-state index >= 15 is 0 Å². The third-order valence-corrected chi connectivity index (χ3v) is 9.87. The van der Waals surface area contributed by atoms with Gasteiger partial charge in [0.2, 0.25) is 17.7 Å². The number of nitrogens with zero attached hydrogens (tertiary/aromatic N) is 1. The van der Waals surface area contributed by atoms with Crippen LogP contribution in [0.5, 0.6) is 0 Å². The van der Waals surface area contributed by atoms with Crippen molar-refractivity contribution >= 4 is 17.9 Å². The van der Waals surface area contributed by atoms with E-state index in [1.54, 1.807) is 6.92 Å². The van der Waals surface area contributed by atoms with E-state index in [0.29, 0.717) is 18.8 Å². The lowest BCUT2D eigenvalue weighted by Crippen LogP contribution is -2.58. The van der Waals surface area contributed by atoms with Gasteiger partial charge >= 0.3 is 6.09 Å². The lowest BCUT2D eigenvalue weighted by Gasteiger charge is -2.36. The van der Waals surface area contributed by atoms with Gasteiger partial charge in [-0.05, 0) is 75.3 Å². The fourth-order valence-corrected chi connectivity index (χ4v) is 7.31. The maximum atomic E-state index is 14.4. The molecule has 5 atom stereocenters. The van der Waals surface area contributed by atoms with Crippen molar-refractivity contribution in [2.45, 2.75) is 121 Å². The monoisotopic (exact) mass is 656 g/mol. The number of hydrogen-bond acceptors (Lipinski definition) is 5. The van der Waals surface area contributed by atoms with Crippen LogP contribution in [-0.4, -0.2) is 60.0 Å². The molecule has 1 aromatic rings. The zero-order valence-electron chi connectivity index (χ0n) is 28.4. The van der Waals surface area contributed by atoms with Crippen LogP contribution < -0.4 is 16.0 Å². The van der Waals surface area contributed by atoms with E-state index in [1.165, 1.54) is 4.90 Å². The fraction of sp³-hybridized carbons (Fsp3) is 0.649. The van der Waals surface area contributed by atoms with Crippen molar-refractivity contribution in [1.82, 2.24) is 20.9 Å². The number of benzene rings is 1. The number of hydrogen-bond donors (Lipinski definition) is 3. The van der Waals surface area contributed by atoms with E-state index in [4.69, 9.17) is 4.74 Å². The standard InChI is InChI=1S/C37H54F2N4O4/c1-6-47-36(46)42-32(29-15-11-8-12-16-29)35(45)43-20-19-30(23-37(5,38)39)33(43)34(44)41-31(22-27-17-18-27)24(2)21-25(3)40-26(4)28-13-9-7-10-14-28/h7,9-10,13-14,26-27,29-33,40H,2-3,6,8,11-12,15-23H2,1,4-5H3,(H,41,44)(H,42,46)/t26?,30-,31?,32?,33?/m1/s1. The van der Waals surface area contributed by atoms with Gasteiger partial charge in [-0.2, -0.15) is 0 Å². The highest BCUT2D eigenvalue weighted by Gasteiger charge is 2.48. The minimum Gasteiger partial charge on any atom is -0.450 e. The molecule has 1 saturated heterocycles. The van der Waals surface area contributed by atoms with Crippen LogP contribution in [0.4, 0.5) is 13.6 Å². The number of likely N-dealkylation sites (tertiary alicyclic amines) is 1. The van der Waals surface area contributed by atoms with Crippen LogP contribution in [0.25, 0.3) is 0 Å². The Morgan fingerprint density at radius 3 is 2.30 bits per heavy atom. The predicted molar refractivity (Wildman–Crippen MR) is 180 cm³/mol. The smallest absolute Gasteiger partial charge is 0.407 e. The molecular formula is C37H54F2N4O4. The molecule has 8 nitrogen and oxygen atoms in total. The molecule has 47 heavy (non-hydrogen) atoms. The molecule has 3 amide bonds. The summed E-state index contributed by atoms with van der Waals surface area (Å²) in [5.74, 6) is -4.27.